The molecule has 0 aliphatic rings. The second-order valence-corrected chi connectivity index (χ2v) is 4.91. The zero-order chi connectivity index (χ0) is 13.4. The second kappa shape index (κ2) is 7.75. The second-order valence-electron chi connectivity index (χ2n) is 4.91. The van der Waals surface area contributed by atoms with Gasteiger partial charge in [0.1, 0.15) is 5.75 Å². The molecule has 1 N–H and O–H groups in total. The summed E-state index contributed by atoms with van der Waals surface area (Å²) in [5.41, 5.74) is 0.982. The predicted molar refractivity (Wildman–Crippen MR) is 73.8 cm³/mol. The van der Waals surface area contributed by atoms with Crippen molar-refractivity contribution < 1.29 is 9.53 Å². The maximum absolute atomic E-state index is 11.7. The van der Waals surface area contributed by atoms with E-state index in [1.807, 2.05) is 24.3 Å². The van der Waals surface area contributed by atoms with Gasteiger partial charge in [-0.25, -0.2) is 0 Å². The Hall–Kier alpha value is -1.51. The Morgan fingerprint density at radius 2 is 2.17 bits per heavy atom. The zero-order valence-electron chi connectivity index (χ0n) is 11.5. The van der Waals surface area contributed by atoms with E-state index in [1.54, 1.807) is 7.11 Å². The number of hydrogen-bond donors (Lipinski definition) is 1. The zero-order valence-corrected chi connectivity index (χ0v) is 11.5. The van der Waals surface area contributed by atoms with Crippen molar-refractivity contribution in [3.63, 3.8) is 0 Å². The van der Waals surface area contributed by atoms with E-state index in [0.29, 0.717) is 12.3 Å². The van der Waals surface area contributed by atoms with Crippen LogP contribution in [0, 0.1) is 5.92 Å². The van der Waals surface area contributed by atoms with Gasteiger partial charge in [-0.3, -0.25) is 4.79 Å². The first-order chi connectivity index (χ1) is 8.61. The number of nitrogens with one attached hydrogen (secondary N) is 1. The van der Waals surface area contributed by atoms with Gasteiger partial charge >= 0.3 is 0 Å². The highest BCUT2D eigenvalue weighted by molar-refractivity contribution is 5.78. The third-order valence-corrected chi connectivity index (χ3v) is 2.78. The summed E-state index contributed by atoms with van der Waals surface area (Å²) in [6.45, 7) is 5.15. The molecular formula is C15H23NO2. The molecular weight excluding hydrogens is 226 g/mol. The SMILES string of the molecule is COc1cccc(CC(=O)NCCCC(C)C)c1. The minimum absolute atomic E-state index is 0.0759. The lowest BCUT2D eigenvalue weighted by molar-refractivity contribution is -0.120. The van der Waals surface area contributed by atoms with Gasteiger partial charge in [0.05, 0.1) is 13.5 Å². The smallest absolute Gasteiger partial charge is 0.224 e. The van der Waals surface area contributed by atoms with E-state index in [-0.39, 0.29) is 5.91 Å². The minimum Gasteiger partial charge on any atom is -0.497 e. The van der Waals surface area contributed by atoms with Crippen molar-refractivity contribution in [2.75, 3.05) is 13.7 Å². The van der Waals surface area contributed by atoms with Crippen LogP contribution in [0.25, 0.3) is 0 Å². The molecule has 0 aromatic heterocycles. The standard InChI is InChI=1S/C15H23NO2/c1-12(2)6-5-9-16-15(17)11-13-7-4-8-14(10-13)18-3/h4,7-8,10,12H,5-6,9,11H2,1-3H3,(H,16,17). The van der Waals surface area contributed by atoms with E-state index in [2.05, 4.69) is 19.2 Å². The molecule has 3 nitrogen and oxygen atoms in total. The van der Waals surface area contributed by atoms with Crippen LogP contribution in [0.3, 0.4) is 0 Å². The van der Waals surface area contributed by atoms with E-state index in [0.717, 1.165) is 30.7 Å². The fraction of sp³-hybridized carbons (Fsp3) is 0.533. The summed E-state index contributed by atoms with van der Waals surface area (Å²) in [5.74, 6) is 1.56. The average molecular weight is 249 g/mol. The van der Waals surface area contributed by atoms with Gasteiger partial charge in [-0.1, -0.05) is 26.0 Å². The number of benzene rings is 1. The molecule has 0 unspecified atom stereocenters. The van der Waals surface area contributed by atoms with Gasteiger partial charge in [0.25, 0.3) is 0 Å². The lowest BCUT2D eigenvalue weighted by Gasteiger charge is -2.07. The van der Waals surface area contributed by atoms with Crippen molar-refractivity contribution in [1.82, 2.24) is 5.32 Å². The fourth-order valence-electron chi connectivity index (χ4n) is 1.77. The Morgan fingerprint density at radius 3 is 2.83 bits per heavy atom. The van der Waals surface area contributed by atoms with Gasteiger partial charge in [0.2, 0.25) is 5.91 Å². The summed E-state index contributed by atoms with van der Waals surface area (Å²) in [6.07, 6.45) is 2.61. The van der Waals surface area contributed by atoms with Crippen LogP contribution < -0.4 is 10.1 Å². The molecule has 1 amide bonds. The molecule has 1 rings (SSSR count). The lowest BCUT2D eigenvalue weighted by Crippen LogP contribution is -2.26. The molecule has 1 aromatic carbocycles. The molecule has 0 saturated heterocycles. The Labute approximate surface area is 110 Å². The first-order valence-corrected chi connectivity index (χ1v) is 6.51. The molecule has 0 spiro atoms. The fourth-order valence-corrected chi connectivity index (χ4v) is 1.77. The molecule has 0 saturated carbocycles. The summed E-state index contributed by atoms with van der Waals surface area (Å²) in [6, 6.07) is 7.62. The van der Waals surface area contributed by atoms with Crippen LogP contribution in [-0.2, 0) is 11.2 Å². The van der Waals surface area contributed by atoms with E-state index in [1.165, 1.54) is 0 Å². The van der Waals surface area contributed by atoms with Gasteiger partial charge in [-0.05, 0) is 36.5 Å². The van der Waals surface area contributed by atoms with E-state index < -0.39 is 0 Å². The van der Waals surface area contributed by atoms with Crippen LogP contribution in [-0.4, -0.2) is 19.6 Å². The molecule has 0 heterocycles. The number of hydrogen-bond acceptors (Lipinski definition) is 2. The Kier molecular flexibility index (Phi) is 6.26. The third-order valence-electron chi connectivity index (χ3n) is 2.78. The van der Waals surface area contributed by atoms with Crippen molar-refractivity contribution >= 4 is 5.91 Å². The molecule has 0 aliphatic carbocycles. The minimum atomic E-state index is 0.0759. The normalized spacial score (nSPS) is 10.4. The lowest BCUT2D eigenvalue weighted by atomic mass is 10.1. The van der Waals surface area contributed by atoms with Crippen LogP contribution >= 0.6 is 0 Å². The van der Waals surface area contributed by atoms with Gasteiger partial charge in [0, 0.05) is 6.54 Å². The van der Waals surface area contributed by atoms with Gasteiger partial charge in [-0.2, -0.15) is 0 Å². The van der Waals surface area contributed by atoms with Gasteiger partial charge in [0.15, 0.2) is 0 Å². The molecule has 3 heteroatoms. The largest absolute Gasteiger partial charge is 0.497 e. The Morgan fingerprint density at radius 1 is 1.39 bits per heavy atom. The monoisotopic (exact) mass is 249 g/mol. The van der Waals surface area contributed by atoms with Gasteiger partial charge < -0.3 is 10.1 Å². The highest BCUT2D eigenvalue weighted by Gasteiger charge is 2.04. The van der Waals surface area contributed by atoms with E-state index >= 15 is 0 Å². The number of rotatable bonds is 7. The summed E-state index contributed by atoms with van der Waals surface area (Å²) < 4.78 is 5.13. The van der Waals surface area contributed by atoms with Crippen molar-refractivity contribution in [2.45, 2.75) is 33.1 Å². The van der Waals surface area contributed by atoms with Crippen LogP contribution in [0.4, 0.5) is 0 Å². The maximum atomic E-state index is 11.7. The molecule has 18 heavy (non-hydrogen) atoms. The number of carbonyl (C=O) groups excluding carboxylic acids is 1. The average Bonchev–Trinajstić information content (AvgIpc) is 2.34. The molecule has 0 bridgehead atoms. The van der Waals surface area contributed by atoms with Crippen LogP contribution in [0.1, 0.15) is 32.3 Å². The topological polar surface area (TPSA) is 38.3 Å². The highest BCUT2D eigenvalue weighted by atomic mass is 16.5. The predicted octanol–water partition coefficient (Wildman–Crippen LogP) is 2.79. The highest BCUT2D eigenvalue weighted by Crippen LogP contribution is 2.12. The van der Waals surface area contributed by atoms with Crippen molar-refractivity contribution in [3.8, 4) is 5.75 Å². The van der Waals surface area contributed by atoms with Crippen LogP contribution in [0.5, 0.6) is 5.75 Å². The van der Waals surface area contributed by atoms with Crippen molar-refractivity contribution in [1.29, 1.82) is 0 Å². The maximum Gasteiger partial charge on any atom is 0.224 e. The number of methoxy groups -OCH3 is 1. The van der Waals surface area contributed by atoms with Crippen LogP contribution in [0.15, 0.2) is 24.3 Å². The van der Waals surface area contributed by atoms with Crippen molar-refractivity contribution in [2.24, 2.45) is 5.92 Å². The van der Waals surface area contributed by atoms with Crippen molar-refractivity contribution in [3.05, 3.63) is 29.8 Å². The molecule has 0 fully saturated rings. The Balaban J connectivity index is 2.30. The van der Waals surface area contributed by atoms with E-state index in [4.69, 9.17) is 4.74 Å². The third kappa shape index (κ3) is 5.71. The first-order valence-electron chi connectivity index (χ1n) is 6.51. The number of amides is 1. The van der Waals surface area contributed by atoms with Gasteiger partial charge in [-0.15, -0.1) is 0 Å². The summed E-state index contributed by atoms with van der Waals surface area (Å²) >= 11 is 0. The molecule has 0 atom stereocenters. The molecule has 0 radical (unpaired) electrons. The molecule has 100 valence electrons. The molecule has 0 aliphatic heterocycles. The summed E-state index contributed by atoms with van der Waals surface area (Å²) in [4.78, 5) is 11.7. The van der Waals surface area contributed by atoms with Crippen LogP contribution in [0.2, 0.25) is 0 Å². The quantitative estimate of drug-likeness (QED) is 0.755. The summed E-state index contributed by atoms with van der Waals surface area (Å²) in [7, 11) is 1.63. The van der Waals surface area contributed by atoms with E-state index in [9.17, 15) is 4.79 Å². The summed E-state index contributed by atoms with van der Waals surface area (Å²) in [5, 5.41) is 2.94. The molecule has 1 aromatic rings. The Bertz CT molecular complexity index is 375. The number of ether oxygens (including phenoxy) is 1. The number of carbonyl (C=O) groups is 1. The first kappa shape index (κ1) is 14.6.